The number of nitrogens with one attached hydrogen (secondary N) is 1. The number of para-hydroxylation sites is 1. The van der Waals surface area contributed by atoms with Gasteiger partial charge >= 0.3 is 0 Å². The Kier molecular flexibility index (Phi) is 6.62. The SMILES string of the molecule is COc1cc(P(C)(C)=O)ccc1-c1c(Nc2ccccc2S(=O)(=O)C(C)C)cnnc1N. The number of ether oxygens (including phenoxy) is 1. The summed E-state index contributed by atoms with van der Waals surface area (Å²) >= 11 is 0. The lowest BCUT2D eigenvalue weighted by atomic mass is 10.0. The van der Waals surface area contributed by atoms with Crippen LogP contribution in [0.15, 0.2) is 53.6 Å². The number of hydrogen-bond donors (Lipinski definition) is 2. The summed E-state index contributed by atoms with van der Waals surface area (Å²) in [5.74, 6) is 0.610. The largest absolute Gasteiger partial charge is 0.496 e. The van der Waals surface area contributed by atoms with Gasteiger partial charge in [-0.15, -0.1) is 5.10 Å². The summed E-state index contributed by atoms with van der Waals surface area (Å²) in [6.07, 6.45) is 1.47. The third-order valence-electron chi connectivity index (χ3n) is 5.04. The zero-order valence-electron chi connectivity index (χ0n) is 18.7. The number of aromatic nitrogens is 2. The van der Waals surface area contributed by atoms with E-state index in [1.165, 1.54) is 13.3 Å². The molecule has 0 atom stereocenters. The third kappa shape index (κ3) is 4.64. The lowest BCUT2D eigenvalue weighted by Crippen LogP contribution is -2.15. The summed E-state index contributed by atoms with van der Waals surface area (Å²) < 4.78 is 43.8. The zero-order chi connectivity index (χ0) is 23.7. The Labute approximate surface area is 188 Å². The maximum absolute atomic E-state index is 12.9. The highest BCUT2D eigenvalue weighted by Crippen LogP contribution is 2.42. The Hall–Kier alpha value is -2.90. The average Bonchev–Trinajstić information content (AvgIpc) is 2.73. The van der Waals surface area contributed by atoms with E-state index in [9.17, 15) is 13.0 Å². The molecule has 0 radical (unpaired) electrons. The molecule has 170 valence electrons. The first-order valence-electron chi connectivity index (χ1n) is 9.92. The van der Waals surface area contributed by atoms with Crippen molar-refractivity contribution in [2.45, 2.75) is 24.0 Å². The van der Waals surface area contributed by atoms with E-state index in [-0.39, 0.29) is 10.7 Å². The van der Waals surface area contributed by atoms with Crippen LogP contribution in [0.3, 0.4) is 0 Å². The average molecular weight is 475 g/mol. The van der Waals surface area contributed by atoms with Crippen LogP contribution in [-0.4, -0.2) is 44.3 Å². The maximum atomic E-state index is 12.9. The molecular weight excluding hydrogens is 447 g/mol. The number of sulfone groups is 1. The van der Waals surface area contributed by atoms with Gasteiger partial charge in [-0.2, -0.15) is 5.10 Å². The fourth-order valence-electron chi connectivity index (χ4n) is 3.22. The topological polar surface area (TPSA) is 124 Å². The summed E-state index contributed by atoms with van der Waals surface area (Å²) in [7, 11) is -4.52. The minimum absolute atomic E-state index is 0.140. The maximum Gasteiger partial charge on any atom is 0.182 e. The molecule has 1 aromatic heterocycles. The van der Waals surface area contributed by atoms with Crippen molar-refractivity contribution in [3.8, 4) is 16.9 Å². The van der Waals surface area contributed by atoms with E-state index >= 15 is 0 Å². The molecule has 0 unspecified atom stereocenters. The Morgan fingerprint density at radius 3 is 2.41 bits per heavy atom. The van der Waals surface area contributed by atoms with Gasteiger partial charge in [-0.3, -0.25) is 0 Å². The Morgan fingerprint density at radius 1 is 1.09 bits per heavy atom. The highest BCUT2D eigenvalue weighted by atomic mass is 32.2. The van der Waals surface area contributed by atoms with Crippen LogP contribution in [-0.2, 0) is 14.4 Å². The molecule has 10 heteroatoms. The number of benzene rings is 2. The third-order valence-corrected chi connectivity index (χ3v) is 8.77. The molecule has 3 aromatic rings. The van der Waals surface area contributed by atoms with Crippen molar-refractivity contribution in [1.29, 1.82) is 0 Å². The molecule has 32 heavy (non-hydrogen) atoms. The lowest BCUT2D eigenvalue weighted by Gasteiger charge is -2.19. The fraction of sp³-hybridized carbons (Fsp3) is 0.273. The minimum Gasteiger partial charge on any atom is -0.496 e. The first-order chi connectivity index (χ1) is 15.0. The van der Waals surface area contributed by atoms with Gasteiger partial charge in [0, 0.05) is 10.9 Å². The highest BCUT2D eigenvalue weighted by molar-refractivity contribution is 7.92. The molecule has 2 aromatic carbocycles. The van der Waals surface area contributed by atoms with E-state index in [4.69, 9.17) is 10.5 Å². The van der Waals surface area contributed by atoms with Crippen LogP contribution < -0.4 is 21.1 Å². The molecule has 0 bridgehead atoms. The number of anilines is 3. The van der Waals surface area contributed by atoms with Gasteiger partial charge in [0.25, 0.3) is 0 Å². The molecule has 0 fully saturated rings. The van der Waals surface area contributed by atoms with Crippen LogP contribution in [0.25, 0.3) is 11.1 Å². The van der Waals surface area contributed by atoms with Gasteiger partial charge in [-0.05, 0) is 51.4 Å². The van der Waals surface area contributed by atoms with E-state index in [2.05, 4.69) is 15.5 Å². The lowest BCUT2D eigenvalue weighted by molar-refractivity contribution is 0.417. The molecule has 0 aliphatic carbocycles. The van der Waals surface area contributed by atoms with Crippen molar-refractivity contribution < 1.29 is 17.7 Å². The number of nitrogens with zero attached hydrogens (tertiary/aromatic N) is 2. The second-order valence-corrected chi connectivity index (χ2v) is 13.7. The normalized spacial score (nSPS) is 12.1. The van der Waals surface area contributed by atoms with Gasteiger partial charge in [0.15, 0.2) is 15.7 Å². The van der Waals surface area contributed by atoms with Crippen LogP contribution in [0.5, 0.6) is 5.75 Å². The Balaban J connectivity index is 2.18. The second kappa shape index (κ2) is 8.92. The van der Waals surface area contributed by atoms with Crippen LogP contribution >= 0.6 is 7.14 Å². The van der Waals surface area contributed by atoms with Crippen molar-refractivity contribution in [2.24, 2.45) is 0 Å². The van der Waals surface area contributed by atoms with Gasteiger partial charge in [-0.1, -0.05) is 18.2 Å². The molecule has 1 heterocycles. The molecular formula is C22H27N4O4PS. The van der Waals surface area contributed by atoms with Gasteiger partial charge in [-0.25, -0.2) is 8.42 Å². The Morgan fingerprint density at radius 2 is 1.78 bits per heavy atom. The van der Waals surface area contributed by atoms with Crippen molar-refractivity contribution in [2.75, 3.05) is 31.5 Å². The molecule has 0 aliphatic heterocycles. The summed E-state index contributed by atoms with van der Waals surface area (Å²) in [5.41, 5.74) is 8.17. The molecule has 3 N–H and O–H groups in total. The summed E-state index contributed by atoms with van der Waals surface area (Å²) in [4.78, 5) is 0.177. The van der Waals surface area contributed by atoms with Crippen LogP contribution in [0, 0.1) is 0 Å². The number of hydrogen-bond acceptors (Lipinski definition) is 8. The second-order valence-electron chi connectivity index (χ2n) is 7.97. The predicted molar refractivity (Wildman–Crippen MR) is 130 cm³/mol. The van der Waals surface area contributed by atoms with Crippen molar-refractivity contribution >= 4 is 39.5 Å². The van der Waals surface area contributed by atoms with Gasteiger partial charge in [0.05, 0.1) is 40.4 Å². The van der Waals surface area contributed by atoms with Crippen molar-refractivity contribution in [1.82, 2.24) is 10.2 Å². The van der Waals surface area contributed by atoms with Crippen LogP contribution in [0.4, 0.5) is 17.2 Å². The molecule has 3 rings (SSSR count). The number of nitrogen functional groups attached to an aromatic ring is 1. The standard InChI is InChI=1S/C22H27N4O4PS/c1-14(2)32(28,29)20-9-7-6-8-17(20)25-18-13-24-26-22(23)21(18)16-11-10-15(31(4,5)27)12-19(16)30-3/h6-14H,1-5H3,(H3,23,25,26). The summed E-state index contributed by atoms with van der Waals surface area (Å²) in [5, 5.41) is 11.1. The van der Waals surface area contributed by atoms with E-state index < -0.39 is 22.2 Å². The Bertz CT molecular complexity index is 1300. The van der Waals surface area contributed by atoms with Gasteiger partial charge in [0.2, 0.25) is 0 Å². The molecule has 0 saturated heterocycles. The number of nitrogens with two attached hydrogens (primary N) is 1. The molecule has 8 nitrogen and oxygen atoms in total. The molecule has 0 aliphatic rings. The summed E-state index contributed by atoms with van der Waals surface area (Å²) in [6, 6.07) is 11.9. The van der Waals surface area contributed by atoms with E-state index in [0.717, 1.165) is 0 Å². The first-order valence-corrected chi connectivity index (χ1v) is 14.1. The minimum atomic E-state index is -3.54. The first kappa shape index (κ1) is 23.8. The molecule has 0 saturated carbocycles. The van der Waals surface area contributed by atoms with E-state index in [0.29, 0.717) is 33.6 Å². The van der Waals surface area contributed by atoms with Gasteiger partial charge < -0.3 is 20.4 Å². The number of methoxy groups -OCH3 is 1. The zero-order valence-corrected chi connectivity index (χ0v) is 20.4. The van der Waals surface area contributed by atoms with E-state index in [1.807, 2.05) is 0 Å². The van der Waals surface area contributed by atoms with E-state index in [1.54, 1.807) is 69.6 Å². The smallest absolute Gasteiger partial charge is 0.182 e. The molecule has 0 amide bonds. The predicted octanol–water partition coefficient (Wildman–Crippen LogP) is 3.91. The molecule has 0 spiro atoms. The quantitative estimate of drug-likeness (QED) is 0.494. The number of rotatable bonds is 7. The fourth-order valence-corrected chi connectivity index (χ4v) is 5.28. The van der Waals surface area contributed by atoms with Crippen molar-refractivity contribution in [3.63, 3.8) is 0 Å². The van der Waals surface area contributed by atoms with Gasteiger partial charge in [0.1, 0.15) is 12.9 Å². The highest BCUT2D eigenvalue weighted by Gasteiger charge is 2.24. The summed E-state index contributed by atoms with van der Waals surface area (Å²) in [6.45, 7) is 6.64. The van der Waals surface area contributed by atoms with Crippen LogP contribution in [0.2, 0.25) is 0 Å². The van der Waals surface area contributed by atoms with Crippen LogP contribution in [0.1, 0.15) is 13.8 Å². The van der Waals surface area contributed by atoms with Crippen molar-refractivity contribution in [3.05, 3.63) is 48.7 Å². The monoisotopic (exact) mass is 474 g/mol.